The zero-order valence-electron chi connectivity index (χ0n) is 13.4. The van der Waals surface area contributed by atoms with Crippen LogP contribution in [0.2, 0.25) is 0 Å². The molecule has 1 aliphatic heterocycles. The molecule has 2 N–H and O–H groups in total. The van der Waals surface area contributed by atoms with Gasteiger partial charge in [0.15, 0.2) is 0 Å². The van der Waals surface area contributed by atoms with E-state index in [4.69, 9.17) is 0 Å². The number of rotatable bonds is 1. The Morgan fingerprint density at radius 1 is 1.35 bits per heavy atom. The molecule has 1 aromatic rings. The van der Waals surface area contributed by atoms with Crippen LogP contribution in [-0.4, -0.2) is 27.8 Å². The van der Waals surface area contributed by atoms with Gasteiger partial charge < -0.3 is 15.1 Å². The fourth-order valence-corrected chi connectivity index (χ4v) is 3.36. The van der Waals surface area contributed by atoms with Gasteiger partial charge in [-0.25, -0.2) is 18.0 Å². The molecular formula is C16H20F3NO3. The molecule has 0 radical (unpaired) electrons. The average Bonchev–Trinajstić information content (AvgIpc) is 2.39. The van der Waals surface area contributed by atoms with Gasteiger partial charge in [-0.3, -0.25) is 0 Å². The maximum absolute atomic E-state index is 14.6. The summed E-state index contributed by atoms with van der Waals surface area (Å²) < 4.78 is 40.5. The normalized spacial score (nSPS) is 21.5. The molecule has 128 valence electrons. The van der Waals surface area contributed by atoms with Crippen LogP contribution in [0.5, 0.6) is 5.75 Å². The van der Waals surface area contributed by atoms with E-state index in [0.717, 1.165) is 4.90 Å². The van der Waals surface area contributed by atoms with E-state index in [1.54, 1.807) is 27.7 Å². The molecule has 2 unspecified atom stereocenters. The minimum atomic E-state index is -3.05. The minimum Gasteiger partial charge on any atom is -0.508 e. The molecule has 0 bridgehead atoms. The highest BCUT2D eigenvalue weighted by molar-refractivity contribution is 5.68. The first-order valence-electron chi connectivity index (χ1n) is 7.29. The number of carbonyl (C=O) groups is 1. The molecule has 0 fully saturated rings. The maximum Gasteiger partial charge on any atom is 0.407 e. The van der Waals surface area contributed by atoms with Crippen molar-refractivity contribution >= 4 is 6.09 Å². The predicted molar refractivity (Wildman–Crippen MR) is 78.4 cm³/mol. The van der Waals surface area contributed by atoms with Crippen LogP contribution in [0.3, 0.4) is 0 Å². The molecule has 1 aliphatic rings. The van der Waals surface area contributed by atoms with Crippen LogP contribution in [0.1, 0.15) is 62.8 Å². The van der Waals surface area contributed by atoms with Crippen molar-refractivity contribution in [3.63, 3.8) is 0 Å². The lowest BCUT2D eigenvalue weighted by atomic mass is 9.74. The Balaban J connectivity index is 2.79. The Morgan fingerprint density at radius 3 is 2.35 bits per heavy atom. The molecule has 0 saturated carbocycles. The fourth-order valence-electron chi connectivity index (χ4n) is 3.36. The van der Waals surface area contributed by atoms with Crippen LogP contribution in [-0.2, 0) is 0 Å². The van der Waals surface area contributed by atoms with Crippen LogP contribution >= 0.6 is 0 Å². The molecule has 7 heteroatoms. The SMILES string of the molecule is CC1CN(C(=O)O)C(C(C)(C)C)c2c(O)cc(C(F)F)c(F)c21. The van der Waals surface area contributed by atoms with Gasteiger partial charge in [0.05, 0.1) is 11.6 Å². The molecule has 2 atom stereocenters. The third-order valence-electron chi connectivity index (χ3n) is 4.20. The number of halogens is 3. The first-order valence-corrected chi connectivity index (χ1v) is 7.29. The molecule has 1 aromatic carbocycles. The summed E-state index contributed by atoms with van der Waals surface area (Å²) in [5.74, 6) is -2.18. The number of nitrogens with zero attached hydrogens (tertiary/aromatic N) is 1. The van der Waals surface area contributed by atoms with Gasteiger partial charge in [-0.1, -0.05) is 27.7 Å². The van der Waals surface area contributed by atoms with Gasteiger partial charge in [-0.2, -0.15) is 0 Å². The summed E-state index contributed by atoms with van der Waals surface area (Å²) in [4.78, 5) is 12.7. The summed E-state index contributed by atoms with van der Waals surface area (Å²) in [7, 11) is 0. The van der Waals surface area contributed by atoms with Crippen LogP contribution in [0.4, 0.5) is 18.0 Å². The van der Waals surface area contributed by atoms with E-state index in [9.17, 15) is 28.2 Å². The van der Waals surface area contributed by atoms with E-state index in [1.807, 2.05) is 0 Å². The zero-order valence-corrected chi connectivity index (χ0v) is 13.4. The number of carboxylic acid groups (broad SMARTS) is 1. The van der Waals surface area contributed by atoms with Gasteiger partial charge in [-0.05, 0) is 11.5 Å². The van der Waals surface area contributed by atoms with Crippen molar-refractivity contribution in [3.05, 3.63) is 28.6 Å². The van der Waals surface area contributed by atoms with Crippen molar-refractivity contribution in [2.24, 2.45) is 5.41 Å². The summed E-state index contributed by atoms with van der Waals surface area (Å²) in [6.45, 7) is 6.81. The molecule has 1 heterocycles. The van der Waals surface area contributed by atoms with Gasteiger partial charge in [0, 0.05) is 23.6 Å². The standard InChI is InChI=1S/C16H20F3NO3/c1-7-6-20(15(22)23)13(16(2,3)4)11-9(21)5-8(14(18)19)12(17)10(7)11/h5,7,13-14,21H,6H2,1-4H3,(H,22,23). The number of aromatic hydroxyl groups is 1. The van der Waals surface area contributed by atoms with Crippen LogP contribution in [0, 0.1) is 11.2 Å². The lowest BCUT2D eigenvalue weighted by Crippen LogP contribution is -2.46. The average molecular weight is 331 g/mol. The first kappa shape index (κ1) is 17.4. The number of benzene rings is 1. The third kappa shape index (κ3) is 2.84. The Kier molecular flexibility index (Phi) is 4.26. The Labute approximate surface area is 132 Å². The van der Waals surface area contributed by atoms with E-state index >= 15 is 0 Å². The molecular weight excluding hydrogens is 311 g/mol. The van der Waals surface area contributed by atoms with Gasteiger partial charge in [-0.15, -0.1) is 0 Å². The Hall–Kier alpha value is -1.92. The highest BCUT2D eigenvalue weighted by Crippen LogP contribution is 2.50. The predicted octanol–water partition coefficient (Wildman–Crippen LogP) is 4.65. The highest BCUT2D eigenvalue weighted by atomic mass is 19.3. The van der Waals surface area contributed by atoms with Crippen molar-refractivity contribution in [1.29, 1.82) is 0 Å². The monoisotopic (exact) mass is 331 g/mol. The topological polar surface area (TPSA) is 60.8 Å². The third-order valence-corrected chi connectivity index (χ3v) is 4.20. The number of alkyl halides is 2. The number of phenols is 1. The minimum absolute atomic E-state index is 0.0160. The summed E-state index contributed by atoms with van der Waals surface area (Å²) >= 11 is 0. The second kappa shape index (κ2) is 5.62. The second-order valence-corrected chi connectivity index (χ2v) is 7.03. The van der Waals surface area contributed by atoms with Gasteiger partial charge in [0.25, 0.3) is 6.43 Å². The van der Waals surface area contributed by atoms with Gasteiger partial charge in [0.2, 0.25) is 0 Å². The largest absolute Gasteiger partial charge is 0.508 e. The lowest BCUT2D eigenvalue weighted by Gasteiger charge is -2.45. The highest BCUT2D eigenvalue weighted by Gasteiger charge is 2.44. The van der Waals surface area contributed by atoms with E-state index in [0.29, 0.717) is 6.07 Å². The molecule has 23 heavy (non-hydrogen) atoms. The molecule has 1 amide bonds. The Bertz CT molecular complexity index is 640. The lowest BCUT2D eigenvalue weighted by molar-refractivity contribution is 0.0675. The van der Waals surface area contributed by atoms with Crippen LogP contribution < -0.4 is 0 Å². The van der Waals surface area contributed by atoms with E-state index in [-0.39, 0.29) is 17.7 Å². The number of amides is 1. The summed E-state index contributed by atoms with van der Waals surface area (Å²) in [6, 6.07) is -0.122. The summed E-state index contributed by atoms with van der Waals surface area (Å²) in [6.07, 6.45) is -4.25. The van der Waals surface area contributed by atoms with Crippen molar-refractivity contribution in [2.45, 2.75) is 46.1 Å². The molecule has 4 nitrogen and oxygen atoms in total. The summed E-state index contributed by atoms with van der Waals surface area (Å²) in [5.41, 5.74) is -1.44. The second-order valence-electron chi connectivity index (χ2n) is 7.03. The number of hydrogen-bond acceptors (Lipinski definition) is 2. The number of hydrogen-bond donors (Lipinski definition) is 2. The molecule has 0 spiro atoms. The van der Waals surface area contributed by atoms with Gasteiger partial charge in [0.1, 0.15) is 11.6 Å². The van der Waals surface area contributed by atoms with Crippen molar-refractivity contribution < 1.29 is 28.2 Å². The Morgan fingerprint density at radius 2 is 1.91 bits per heavy atom. The van der Waals surface area contributed by atoms with Crippen molar-refractivity contribution in [2.75, 3.05) is 6.54 Å². The molecule has 0 saturated heterocycles. The van der Waals surface area contributed by atoms with Crippen molar-refractivity contribution in [1.82, 2.24) is 4.90 Å². The number of fused-ring (bicyclic) bond motifs is 1. The molecule has 0 aromatic heterocycles. The fraction of sp³-hybridized carbons (Fsp3) is 0.562. The van der Waals surface area contributed by atoms with Gasteiger partial charge >= 0.3 is 6.09 Å². The first-order chi connectivity index (χ1) is 10.5. The quantitative estimate of drug-likeness (QED) is 0.787. The van der Waals surface area contributed by atoms with E-state index < -0.39 is 47.0 Å². The van der Waals surface area contributed by atoms with Crippen LogP contribution in [0.15, 0.2) is 6.07 Å². The molecule has 2 rings (SSSR count). The summed E-state index contributed by atoms with van der Waals surface area (Å²) in [5, 5.41) is 19.7. The van der Waals surface area contributed by atoms with E-state index in [1.165, 1.54) is 0 Å². The smallest absolute Gasteiger partial charge is 0.407 e. The van der Waals surface area contributed by atoms with Crippen molar-refractivity contribution in [3.8, 4) is 5.75 Å². The molecule has 0 aliphatic carbocycles. The zero-order chi connectivity index (χ0) is 17.7. The number of phenolic OH excluding ortho intramolecular Hbond substituents is 1. The van der Waals surface area contributed by atoms with Crippen LogP contribution in [0.25, 0.3) is 0 Å². The maximum atomic E-state index is 14.6. The van der Waals surface area contributed by atoms with E-state index in [2.05, 4.69) is 0 Å².